The van der Waals surface area contributed by atoms with E-state index < -0.39 is 10.0 Å². The third-order valence-corrected chi connectivity index (χ3v) is 6.73. The maximum absolute atomic E-state index is 13.7. The van der Waals surface area contributed by atoms with Crippen LogP contribution in [0.5, 0.6) is 11.5 Å². The molecule has 2 aromatic carbocycles. The molecule has 0 amide bonds. The Balaban J connectivity index is 2.13. The Morgan fingerprint density at radius 2 is 1.62 bits per heavy atom. The van der Waals surface area contributed by atoms with Crippen LogP contribution in [0, 0.1) is 0 Å². The van der Waals surface area contributed by atoms with E-state index in [1.165, 1.54) is 20.3 Å². The van der Waals surface area contributed by atoms with E-state index in [0.29, 0.717) is 17.2 Å². The zero-order chi connectivity index (χ0) is 18.6. The molecular formula is C20H25NO4S. The molecule has 0 bridgehead atoms. The zero-order valence-corrected chi connectivity index (χ0v) is 16.0. The van der Waals surface area contributed by atoms with Crippen LogP contribution in [-0.4, -0.2) is 28.7 Å². The summed E-state index contributed by atoms with van der Waals surface area (Å²) in [5.41, 5.74) is 0.685. The summed E-state index contributed by atoms with van der Waals surface area (Å²) >= 11 is 0. The lowest BCUT2D eigenvalue weighted by Crippen LogP contribution is -2.41. The van der Waals surface area contributed by atoms with Crippen molar-refractivity contribution in [3.05, 3.63) is 48.5 Å². The van der Waals surface area contributed by atoms with E-state index in [1.54, 1.807) is 16.4 Å². The lowest BCUT2D eigenvalue weighted by atomic mass is 9.95. The van der Waals surface area contributed by atoms with Crippen molar-refractivity contribution in [3.8, 4) is 11.5 Å². The summed E-state index contributed by atoms with van der Waals surface area (Å²) < 4.78 is 39.5. The molecule has 0 aromatic heterocycles. The van der Waals surface area contributed by atoms with Crippen molar-refractivity contribution >= 4 is 15.7 Å². The van der Waals surface area contributed by atoms with Gasteiger partial charge in [-0.2, -0.15) is 0 Å². The molecule has 0 N–H and O–H groups in total. The Bertz CT molecular complexity index is 830. The average Bonchev–Trinajstić information content (AvgIpc) is 2.69. The van der Waals surface area contributed by atoms with Crippen LogP contribution in [0.4, 0.5) is 5.69 Å². The van der Waals surface area contributed by atoms with E-state index in [-0.39, 0.29) is 10.9 Å². The van der Waals surface area contributed by atoms with Crippen molar-refractivity contribution in [3.63, 3.8) is 0 Å². The van der Waals surface area contributed by atoms with Gasteiger partial charge in [-0.15, -0.1) is 0 Å². The van der Waals surface area contributed by atoms with Gasteiger partial charge in [-0.3, -0.25) is 4.31 Å². The van der Waals surface area contributed by atoms with Gasteiger partial charge in [0.1, 0.15) is 16.4 Å². The fourth-order valence-electron chi connectivity index (χ4n) is 3.53. The van der Waals surface area contributed by atoms with Gasteiger partial charge in [-0.05, 0) is 37.1 Å². The molecule has 6 heteroatoms. The summed E-state index contributed by atoms with van der Waals surface area (Å²) in [6, 6.07) is 14.1. The Morgan fingerprint density at radius 1 is 0.923 bits per heavy atom. The van der Waals surface area contributed by atoms with Crippen molar-refractivity contribution in [1.29, 1.82) is 0 Å². The molecule has 1 aliphatic rings. The molecule has 0 heterocycles. The standard InChI is InChI=1S/C20H25NO4S/c1-24-18-13-14-19(25-2)20(15-18)26(22,23)21(16-9-5-3-6-10-16)17-11-7-4-8-12-17/h3,5-6,9-10,13-15,17H,4,7-8,11-12H2,1-2H3. The molecule has 140 valence electrons. The highest BCUT2D eigenvalue weighted by Gasteiger charge is 2.34. The van der Waals surface area contributed by atoms with Crippen molar-refractivity contribution in [2.45, 2.75) is 43.0 Å². The fraction of sp³-hybridized carbons (Fsp3) is 0.400. The minimum Gasteiger partial charge on any atom is -0.497 e. The van der Waals surface area contributed by atoms with Gasteiger partial charge in [-0.25, -0.2) is 8.42 Å². The third-order valence-electron chi connectivity index (χ3n) is 4.82. The lowest BCUT2D eigenvalue weighted by Gasteiger charge is -2.35. The van der Waals surface area contributed by atoms with Crippen LogP contribution in [0.25, 0.3) is 0 Å². The molecule has 0 saturated heterocycles. The summed E-state index contributed by atoms with van der Waals surface area (Å²) in [4.78, 5) is 0.133. The Hall–Kier alpha value is -2.21. The quantitative estimate of drug-likeness (QED) is 0.758. The van der Waals surface area contributed by atoms with E-state index in [9.17, 15) is 8.42 Å². The van der Waals surface area contributed by atoms with Gasteiger partial charge in [-0.1, -0.05) is 37.5 Å². The molecule has 26 heavy (non-hydrogen) atoms. The van der Waals surface area contributed by atoms with Crippen LogP contribution in [0.2, 0.25) is 0 Å². The topological polar surface area (TPSA) is 55.8 Å². The second-order valence-electron chi connectivity index (χ2n) is 6.45. The van der Waals surface area contributed by atoms with E-state index in [2.05, 4.69) is 0 Å². The highest BCUT2D eigenvalue weighted by Crippen LogP contribution is 2.37. The third kappa shape index (κ3) is 3.65. The zero-order valence-electron chi connectivity index (χ0n) is 15.2. The Morgan fingerprint density at radius 3 is 2.23 bits per heavy atom. The van der Waals surface area contributed by atoms with E-state index >= 15 is 0 Å². The largest absolute Gasteiger partial charge is 0.497 e. The van der Waals surface area contributed by atoms with Crippen molar-refractivity contribution < 1.29 is 17.9 Å². The molecule has 0 radical (unpaired) electrons. The van der Waals surface area contributed by atoms with E-state index in [4.69, 9.17) is 9.47 Å². The van der Waals surface area contributed by atoms with Crippen LogP contribution >= 0.6 is 0 Å². The molecule has 0 unspecified atom stereocenters. The number of benzene rings is 2. The van der Waals surface area contributed by atoms with Crippen LogP contribution in [-0.2, 0) is 10.0 Å². The van der Waals surface area contributed by atoms with Crippen molar-refractivity contribution in [2.24, 2.45) is 0 Å². The van der Waals surface area contributed by atoms with Gasteiger partial charge in [0.05, 0.1) is 19.9 Å². The summed E-state index contributed by atoms with van der Waals surface area (Å²) in [7, 11) is -0.798. The van der Waals surface area contributed by atoms with Crippen LogP contribution in [0.15, 0.2) is 53.4 Å². The summed E-state index contributed by atoms with van der Waals surface area (Å²) in [5, 5.41) is 0. The summed E-state index contributed by atoms with van der Waals surface area (Å²) in [6.07, 6.45) is 4.96. The van der Waals surface area contributed by atoms with Gasteiger partial charge in [0, 0.05) is 12.1 Å². The molecular weight excluding hydrogens is 350 g/mol. The number of sulfonamides is 1. The Labute approximate surface area is 155 Å². The molecule has 0 spiro atoms. The first-order valence-electron chi connectivity index (χ1n) is 8.89. The summed E-state index contributed by atoms with van der Waals surface area (Å²) in [6.45, 7) is 0. The predicted molar refractivity (Wildman–Crippen MR) is 103 cm³/mol. The molecule has 5 nitrogen and oxygen atoms in total. The maximum atomic E-state index is 13.7. The fourth-order valence-corrected chi connectivity index (χ4v) is 5.41. The maximum Gasteiger partial charge on any atom is 0.268 e. The highest BCUT2D eigenvalue weighted by molar-refractivity contribution is 7.93. The van der Waals surface area contributed by atoms with Crippen molar-refractivity contribution in [2.75, 3.05) is 18.5 Å². The molecule has 0 aliphatic heterocycles. The molecule has 1 fully saturated rings. The number of hydrogen-bond donors (Lipinski definition) is 0. The van der Waals surface area contributed by atoms with E-state index in [1.807, 2.05) is 30.3 Å². The van der Waals surface area contributed by atoms with Gasteiger partial charge in [0.25, 0.3) is 10.0 Å². The highest BCUT2D eigenvalue weighted by atomic mass is 32.2. The van der Waals surface area contributed by atoms with Crippen LogP contribution < -0.4 is 13.8 Å². The molecule has 1 saturated carbocycles. The van der Waals surface area contributed by atoms with Crippen LogP contribution in [0.3, 0.4) is 0 Å². The van der Waals surface area contributed by atoms with Gasteiger partial charge in [0.2, 0.25) is 0 Å². The normalized spacial score (nSPS) is 15.5. The smallest absolute Gasteiger partial charge is 0.268 e. The SMILES string of the molecule is COc1ccc(OC)c(S(=O)(=O)N(c2ccccc2)C2CCCCC2)c1. The first-order chi connectivity index (χ1) is 12.6. The van der Waals surface area contributed by atoms with E-state index in [0.717, 1.165) is 32.1 Å². The van der Waals surface area contributed by atoms with Gasteiger partial charge in [0.15, 0.2) is 0 Å². The number of nitrogens with zero attached hydrogens (tertiary/aromatic N) is 1. The minimum absolute atomic E-state index is 0.0490. The molecule has 2 aromatic rings. The second-order valence-corrected chi connectivity index (χ2v) is 8.23. The number of rotatable bonds is 6. The number of methoxy groups -OCH3 is 2. The number of ether oxygens (including phenoxy) is 2. The van der Waals surface area contributed by atoms with Crippen molar-refractivity contribution in [1.82, 2.24) is 0 Å². The first kappa shape index (κ1) is 18.6. The number of anilines is 1. The second kappa shape index (κ2) is 7.99. The molecule has 3 rings (SSSR count). The van der Waals surface area contributed by atoms with Crippen LogP contribution in [0.1, 0.15) is 32.1 Å². The monoisotopic (exact) mass is 375 g/mol. The number of hydrogen-bond acceptors (Lipinski definition) is 4. The number of para-hydroxylation sites is 1. The van der Waals surface area contributed by atoms with Gasteiger partial charge >= 0.3 is 0 Å². The minimum atomic E-state index is -3.80. The molecule has 0 atom stereocenters. The Kier molecular flexibility index (Phi) is 5.71. The lowest BCUT2D eigenvalue weighted by molar-refractivity contribution is 0.391. The first-order valence-corrected chi connectivity index (χ1v) is 10.3. The predicted octanol–water partition coefficient (Wildman–Crippen LogP) is 4.23. The molecule has 1 aliphatic carbocycles. The van der Waals surface area contributed by atoms with Gasteiger partial charge < -0.3 is 9.47 Å². The summed E-state index contributed by atoms with van der Waals surface area (Å²) in [5.74, 6) is 0.809. The average molecular weight is 375 g/mol.